The summed E-state index contributed by atoms with van der Waals surface area (Å²) in [6.07, 6.45) is 4.11. The van der Waals surface area contributed by atoms with Gasteiger partial charge in [-0.1, -0.05) is 43.7 Å². The minimum absolute atomic E-state index is 0.557. The van der Waals surface area contributed by atoms with E-state index in [2.05, 4.69) is 47.5 Å². The van der Waals surface area contributed by atoms with Gasteiger partial charge in [0.2, 0.25) is 0 Å². The minimum Gasteiger partial charge on any atom is -0.316 e. The number of benzene rings is 1. The first-order valence-corrected chi connectivity index (χ1v) is 7.79. The Labute approximate surface area is 117 Å². The summed E-state index contributed by atoms with van der Waals surface area (Å²) in [7, 11) is 0. The van der Waals surface area contributed by atoms with Crippen LogP contribution in [0.5, 0.6) is 0 Å². The Bertz CT molecular complexity index is 403. The van der Waals surface area contributed by atoms with Gasteiger partial charge in [-0.05, 0) is 42.8 Å². The average Bonchev–Trinajstić information content (AvgIpc) is 2.82. The van der Waals surface area contributed by atoms with Gasteiger partial charge in [0.15, 0.2) is 0 Å². The monoisotopic (exact) mass is 258 g/mol. The molecule has 0 saturated carbocycles. The Balaban J connectivity index is 1.68. The van der Waals surface area contributed by atoms with Crippen LogP contribution in [0.4, 0.5) is 0 Å². The number of hydrogen-bond acceptors (Lipinski definition) is 2. The molecule has 2 saturated heterocycles. The standard InChI is InChI=1S/C17H26N2/c1-2-16-11-18-13-17(16)9-6-10-19(14-17)12-15-7-4-3-5-8-15/h3-5,7-8,16,18H,2,6,9-14H2,1H3. The van der Waals surface area contributed by atoms with E-state index in [1.54, 1.807) is 0 Å². The lowest BCUT2D eigenvalue weighted by molar-refractivity contribution is 0.0604. The van der Waals surface area contributed by atoms with Crippen LogP contribution in [0.3, 0.4) is 0 Å². The fourth-order valence-electron chi connectivity index (χ4n) is 4.15. The third kappa shape index (κ3) is 2.70. The van der Waals surface area contributed by atoms with Gasteiger partial charge in [0, 0.05) is 19.6 Å². The van der Waals surface area contributed by atoms with Crippen molar-refractivity contribution >= 4 is 0 Å². The van der Waals surface area contributed by atoms with Gasteiger partial charge in [0.1, 0.15) is 0 Å². The highest BCUT2D eigenvalue weighted by Crippen LogP contribution is 2.41. The summed E-state index contributed by atoms with van der Waals surface area (Å²) in [6, 6.07) is 10.9. The number of rotatable bonds is 3. The molecule has 1 aromatic carbocycles. The predicted octanol–water partition coefficient (Wildman–Crippen LogP) is 2.90. The molecule has 1 N–H and O–H groups in total. The molecule has 19 heavy (non-hydrogen) atoms. The largest absolute Gasteiger partial charge is 0.316 e. The van der Waals surface area contributed by atoms with Crippen LogP contribution in [0.15, 0.2) is 30.3 Å². The van der Waals surface area contributed by atoms with E-state index in [0.717, 1.165) is 12.5 Å². The lowest BCUT2D eigenvalue weighted by Crippen LogP contribution is -2.47. The molecule has 0 amide bonds. The minimum atomic E-state index is 0.557. The zero-order valence-corrected chi connectivity index (χ0v) is 12.1. The number of piperidine rings is 1. The first-order valence-electron chi connectivity index (χ1n) is 7.79. The molecule has 2 nitrogen and oxygen atoms in total. The van der Waals surface area contributed by atoms with Gasteiger partial charge in [0.05, 0.1) is 0 Å². The topological polar surface area (TPSA) is 15.3 Å². The summed E-state index contributed by atoms with van der Waals surface area (Å²) < 4.78 is 0. The SMILES string of the molecule is CCC1CNCC12CCCN(Cc1ccccc1)C2. The molecule has 3 rings (SSSR count). The Morgan fingerprint density at radius 2 is 2.16 bits per heavy atom. The smallest absolute Gasteiger partial charge is 0.0233 e. The normalized spacial score (nSPS) is 31.9. The molecule has 2 fully saturated rings. The molecule has 2 aliphatic rings. The van der Waals surface area contributed by atoms with Gasteiger partial charge in [-0.2, -0.15) is 0 Å². The predicted molar refractivity (Wildman–Crippen MR) is 80.0 cm³/mol. The highest BCUT2D eigenvalue weighted by molar-refractivity contribution is 5.15. The third-order valence-electron chi connectivity index (χ3n) is 5.16. The molecule has 2 unspecified atom stereocenters. The van der Waals surface area contributed by atoms with Crippen molar-refractivity contribution in [2.24, 2.45) is 11.3 Å². The maximum absolute atomic E-state index is 3.64. The zero-order valence-electron chi connectivity index (χ0n) is 12.1. The molecular weight excluding hydrogens is 232 g/mol. The van der Waals surface area contributed by atoms with Crippen LogP contribution in [0.2, 0.25) is 0 Å². The van der Waals surface area contributed by atoms with Crippen molar-refractivity contribution in [2.45, 2.75) is 32.7 Å². The molecule has 2 aliphatic heterocycles. The second-order valence-electron chi connectivity index (χ2n) is 6.40. The second kappa shape index (κ2) is 5.64. The summed E-state index contributed by atoms with van der Waals surface area (Å²) in [5, 5.41) is 3.64. The summed E-state index contributed by atoms with van der Waals surface area (Å²) in [6.45, 7) is 8.50. The van der Waals surface area contributed by atoms with E-state index < -0.39 is 0 Å². The van der Waals surface area contributed by atoms with Crippen molar-refractivity contribution < 1.29 is 0 Å². The van der Waals surface area contributed by atoms with E-state index in [0.29, 0.717) is 5.41 Å². The second-order valence-corrected chi connectivity index (χ2v) is 6.40. The van der Waals surface area contributed by atoms with Gasteiger partial charge in [-0.25, -0.2) is 0 Å². The quantitative estimate of drug-likeness (QED) is 0.897. The molecule has 0 aliphatic carbocycles. The highest BCUT2D eigenvalue weighted by atomic mass is 15.2. The van der Waals surface area contributed by atoms with Gasteiger partial charge >= 0.3 is 0 Å². The zero-order chi connectivity index (χ0) is 13.1. The number of likely N-dealkylation sites (tertiary alicyclic amines) is 1. The van der Waals surface area contributed by atoms with Crippen molar-refractivity contribution in [3.63, 3.8) is 0 Å². The molecule has 2 heterocycles. The van der Waals surface area contributed by atoms with Gasteiger partial charge < -0.3 is 5.32 Å². The van der Waals surface area contributed by atoms with Gasteiger partial charge in [-0.3, -0.25) is 4.90 Å². The highest BCUT2D eigenvalue weighted by Gasteiger charge is 2.44. The van der Waals surface area contributed by atoms with Crippen molar-refractivity contribution in [2.75, 3.05) is 26.2 Å². The molecule has 0 bridgehead atoms. The molecule has 2 heteroatoms. The Morgan fingerprint density at radius 3 is 2.95 bits per heavy atom. The number of nitrogens with zero attached hydrogens (tertiary/aromatic N) is 1. The summed E-state index contributed by atoms with van der Waals surface area (Å²) in [5.41, 5.74) is 2.01. The summed E-state index contributed by atoms with van der Waals surface area (Å²) in [4.78, 5) is 2.68. The molecule has 1 aromatic rings. The van der Waals surface area contributed by atoms with Crippen molar-refractivity contribution in [1.29, 1.82) is 0 Å². The third-order valence-corrected chi connectivity index (χ3v) is 5.16. The maximum atomic E-state index is 3.64. The van der Waals surface area contributed by atoms with Crippen LogP contribution in [0, 0.1) is 11.3 Å². The molecule has 1 spiro atoms. The van der Waals surface area contributed by atoms with Gasteiger partial charge in [-0.15, -0.1) is 0 Å². The summed E-state index contributed by atoms with van der Waals surface area (Å²) >= 11 is 0. The Kier molecular flexibility index (Phi) is 3.90. The Hall–Kier alpha value is -0.860. The van der Waals surface area contributed by atoms with Crippen LogP contribution >= 0.6 is 0 Å². The maximum Gasteiger partial charge on any atom is 0.0233 e. The lowest BCUT2D eigenvalue weighted by Gasteiger charge is -2.43. The van der Waals surface area contributed by atoms with E-state index in [-0.39, 0.29) is 0 Å². The van der Waals surface area contributed by atoms with Crippen molar-refractivity contribution in [3.8, 4) is 0 Å². The van der Waals surface area contributed by atoms with E-state index in [1.807, 2.05) is 0 Å². The van der Waals surface area contributed by atoms with Crippen molar-refractivity contribution in [3.05, 3.63) is 35.9 Å². The lowest BCUT2D eigenvalue weighted by atomic mass is 9.71. The molecule has 2 atom stereocenters. The average molecular weight is 258 g/mol. The van der Waals surface area contributed by atoms with Gasteiger partial charge in [0.25, 0.3) is 0 Å². The summed E-state index contributed by atoms with van der Waals surface area (Å²) in [5.74, 6) is 0.881. The molecule has 104 valence electrons. The van der Waals surface area contributed by atoms with E-state index in [4.69, 9.17) is 0 Å². The first-order chi connectivity index (χ1) is 9.32. The van der Waals surface area contributed by atoms with Crippen LogP contribution in [-0.2, 0) is 6.54 Å². The fraction of sp³-hybridized carbons (Fsp3) is 0.647. The van der Waals surface area contributed by atoms with Crippen molar-refractivity contribution in [1.82, 2.24) is 10.2 Å². The van der Waals surface area contributed by atoms with Crippen LogP contribution in [-0.4, -0.2) is 31.1 Å². The van der Waals surface area contributed by atoms with Crippen LogP contribution in [0.25, 0.3) is 0 Å². The number of hydrogen-bond donors (Lipinski definition) is 1. The van der Waals surface area contributed by atoms with E-state index in [9.17, 15) is 0 Å². The Morgan fingerprint density at radius 1 is 1.32 bits per heavy atom. The van der Waals surface area contributed by atoms with Crippen LogP contribution in [0.1, 0.15) is 31.7 Å². The molecule has 0 radical (unpaired) electrons. The molecule has 0 aromatic heterocycles. The van der Waals surface area contributed by atoms with E-state index in [1.165, 1.54) is 51.0 Å². The van der Waals surface area contributed by atoms with Crippen LogP contribution < -0.4 is 5.32 Å². The number of nitrogens with one attached hydrogen (secondary N) is 1. The fourth-order valence-corrected chi connectivity index (χ4v) is 4.15. The molecular formula is C17H26N2. The first kappa shape index (κ1) is 13.1. The van der Waals surface area contributed by atoms with E-state index >= 15 is 0 Å².